The first kappa shape index (κ1) is 14.0. The van der Waals surface area contributed by atoms with Crippen LogP contribution in [0.4, 0.5) is 5.69 Å². The summed E-state index contributed by atoms with van der Waals surface area (Å²) in [5, 5.41) is 12.6. The van der Waals surface area contributed by atoms with Gasteiger partial charge in [-0.15, -0.1) is 0 Å². The fourth-order valence-corrected chi connectivity index (χ4v) is 2.18. The molecule has 0 aliphatic rings. The predicted octanol–water partition coefficient (Wildman–Crippen LogP) is 3.99. The molecule has 0 bridgehead atoms. The van der Waals surface area contributed by atoms with Gasteiger partial charge < -0.3 is 10.1 Å². The van der Waals surface area contributed by atoms with Gasteiger partial charge in [-0.3, -0.25) is 0 Å². The standard InChI is InChI=1S/C17H18N2O/c1-12-4-9-16(13(2)10-12)17(11-18)19-14-5-7-15(20-3)8-6-14/h4-10,17,19H,1-3H3. The molecule has 0 fully saturated rings. The molecule has 2 rings (SSSR count). The van der Waals surface area contributed by atoms with E-state index in [9.17, 15) is 5.26 Å². The second kappa shape index (κ2) is 6.12. The van der Waals surface area contributed by atoms with Crippen molar-refractivity contribution in [1.29, 1.82) is 5.26 Å². The van der Waals surface area contributed by atoms with Crippen LogP contribution < -0.4 is 10.1 Å². The van der Waals surface area contributed by atoms with Gasteiger partial charge in [0.1, 0.15) is 11.8 Å². The van der Waals surface area contributed by atoms with Gasteiger partial charge in [0.05, 0.1) is 13.2 Å². The third-order valence-corrected chi connectivity index (χ3v) is 3.27. The number of anilines is 1. The maximum Gasteiger partial charge on any atom is 0.140 e. The van der Waals surface area contributed by atoms with Crippen molar-refractivity contribution in [3.8, 4) is 11.8 Å². The Bertz CT molecular complexity index is 626. The molecule has 20 heavy (non-hydrogen) atoms. The molecule has 2 aromatic carbocycles. The van der Waals surface area contributed by atoms with Gasteiger partial charge >= 0.3 is 0 Å². The van der Waals surface area contributed by atoms with Crippen molar-refractivity contribution in [2.24, 2.45) is 0 Å². The molecule has 0 saturated carbocycles. The van der Waals surface area contributed by atoms with E-state index in [-0.39, 0.29) is 6.04 Å². The van der Waals surface area contributed by atoms with Crippen molar-refractivity contribution >= 4 is 5.69 Å². The third kappa shape index (κ3) is 3.10. The minimum Gasteiger partial charge on any atom is -0.497 e. The zero-order valence-electron chi connectivity index (χ0n) is 12.0. The molecule has 0 aliphatic carbocycles. The van der Waals surface area contributed by atoms with Crippen LogP contribution in [0.25, 0.3) is 0 Å². The topological polar surface area (TPSA) is 45.0 Å². The Morgan fingerprint density at radius 1 is 1.10 bits per heavy atom. The van der Waals surface area contributed by atoms with Crippen molar-refractivity contribution in [3.05, 3.63) is 59.2 Å². The van der Waals surface area contributed by atoms with Crippen LogP contribution >= 0.6 is 0 Å². The van der Waals surface area contributed by atoms with E-state index in [0.29, 0.717) is 0 Å². The molecule has 0 aromatic heterocycles. The predicted molar refractivity (Wildman–Crippen MR) is 80.9 cm³/mol. The van der Waals surface area contributed by atoms with Crippen LogP contribution in [0.5, 0.6) is 5.75 Å². The van der Waals surface area contributed by atoms with Gasteiger partial charge in [0.25, 0.3) is 0 Å². The van der Waals surface area contributed by atoms with Crippen molar-refractivity contribution in [2.75, 3.05) is 12.4 Å². The minimum absolute atomic E-state index is 0.357. The molecule has 0 amide bonds. The number of nitrogens with one attached hydrogen (secondary N) is 1. The lowest BCUT2D eigenvalue weighted by atomic mass is 10.00. The average Bonchev–Trinajstić information content (AvgIpc) is 2.46. The van der Waals surface area contributed by atoms with E-state index in [4.69, 9.17) is 4.74 Å². The molecule has 2 aromatic rings. The number of ether oxygens (including phenoxy) is 1. The summed E-state index contributed by atoms with van der Waals surface area (Å²) in [6, 6.07) is 15.7. The number of rotatable bonds is 4. The van der Waals surface area contributed by atoms with Crippen LogP contribution in [-0.2, 0) is 0 Å². The molecule has 1 N–H and O–H groups in total. The molecule has 0 spiro atoms. The Kier molecular flexibility index (Phi) is 4.27. The number of hydrogen-bond acceptors (Lipinski definition) is 3. The number of nitriles is 1. The van der Waals surface area contributed by atoms with Gasteiger partial charge in [0, 0.05) is 5.69 Å². The number of nitrogens with zero attached hydrogens (tertiary/aromatic N) is 1. The summed E-state index contributed by atoms with van der Waals surface area (Å²) in [5.74, 6) is 0.801. The Balaban J connectivity index is 2.22. The maximum absolute atomic E-state index is 9.40. The Labute approximate surface area is 119 Å². The van der Waals surface area contributed by atoms with Crippen molar-refractivity contribution in [1.82, 2.24) is 0 Å². The molecule has 0 radical (unpaired) electrons. The Morgan fingerprint density at radius 3 is 2.35 bits per heavy atom. The van der Waals surface area contributed by atoms with Crippen LogP contribution in [-0.4, -0.2) is 7.11 Å². The van der Waals surface area contributed by atoms with Gasteiger partial charge in [-0.2, -0.15) is 5.26 Å². The van der Waals surface area contributed by atoms with E-state index < -0.39 is 0 Å². The molecule has 1 atom stereocenters. The molecule has 3 nitrogen and oxygen atoms in total. The minimum atomic E-state index is -0.357. The summed E-state index contributed by atoms with van der Waals surface area (Å²) in [6.07, 6.45) is 0. The van der Waals surface area contributed by atoms with Crippen LogP contribution in [0.15, 0.2) is 42.5 Å². The number of aryl methyl sites for hydroxylation is 2. The SMILES string of the molecule is COc1ccc(NC(C#N)c2ccc(C)cc2C)cc1. The molecular formula is C17H18N2O. The van der Waals surface area contributed by atoms with Gasteiger partial charge in [-0.1, -0.05) is 23.8 Å². The fourth-order valence-electron chi connectivity index (χ4n) is 2.18. The lowest BCUT2D eigenvalue weighted by molar-refractivity contribution is 0.415. The van der Waals surface area contributed by atoms with E-state index in [0.717, 1.165) is 22.6 Å². The summed E-state index contributed by atoms with van der Waals surface area (Å²) < 4.78 is 5.12. The molecular weight excluding hydrogens is 248 g/mol. The van der Waals surface area contributed by atoms with E-state index in [1.807, 2.05) is 43.3 Å². The number of methoxy groups -OCH3 is 1. The Hall–Kier alpha value is -2.47. The highest BCUT2D eigenvalue weighted by atomic mass is 16.5. The first-order chi connectivity index (χ1) is 9.63. The third-order valence-electron chi connectivity index (χ3n) is 3.27. The van der Waals surface area contributed by atoms with Gasteiger partial charge in [0.15, 0.2) is 0 Å². The van der Waals surface area contributed by atoms with E-state index in [1.54, 1.807) is 7.11 Å². The molecule has 102 valence electrons. The lowest BCUT2D eigenvalue weighted by Crippen LogP contribution is -2.10. The summed E-state index contributed by atoms with van der Waals surface area (Å²) in [4.78, 5) is 0. The monoisotopic (exact) mass is 266 g/mol. The summed E-state index contributed by atoms with van der Waals surface area (Å²) in [6.45, 7) is 4.08. The maximum atomic E-state index is 9.40. The first-order valence-electron chi connectivity index (χ1n) is 6.51. The number of hydrogen-bond donors (Lipinski definition) is 1. The van der Waals surface area contributed by atoms with Crippen molar-refractivity contribution in [3.63, 3.8) is 0 Å². The summed E-state index contributed by atoms with van der Waals surface area (Å²) in [5.41, 5.74) is 4.23. The molecule has 0 heterocycles. The van der Waals surface area contributed by atoms with Gasteiger partial charge in [-0.25, -0.2) is 0 Å². The molecule has 3 heteroatoms. The van der Waals surface area contributed by atoms with E-state index in [2.05, 4.69) is 24.4 Å². The average molecular weight is 266 g/mol. The van der Waals surface area contributed by atoms with E-state index in [1.165, 1.54) is 5.56 Å². The van der Waals surface area contributed by atoms with Crippen LogP contribution in [0.1, 0.15) is 22.7 Å². The van der Waals surface area contributed by atoms with E-state index >= 15 is 0 Å². The van der Waals surface area contributed by atoms with Gasteiger partial charge in [-0.05, 0) is 49.2 Å². The Morgan fingerprint density at radius 2 is 1.80 bits per heavy atom. The lowest BCUT2D eigenvalue weighted by Gasteiger charge is -2.16. The number of benzene rings is 2. The zero-order chi connectivity index (χ0) is 14.5. The highest BCUT2D eigenvalue weighted by molar-refractivity contribution is 5.51. The highest BCUT2D eigenvalue weighted by Gasteiger charge is 2.12. The van der Waals surface area contributed by atoms with Crippen LogP contribution in [0.2, 0.25) is 0 Å². The highest BCUT2D eigenvalue weighted by Crippen LogP contribution is 2.24. The molecule has 0 saturated heterocycles. The van der Waals surface area contributed by atoms with Crippen molar-refractivity contribution < 1.29 is 4.74 Å². The van der Waals surface area contributed by atoms with Gasteiger partial charge in [0.2, 0.25) is 0 Å². The fraction of sp³-hybridized carbons (Fsp3) is 0.235. The molecule has 0 aliphatic heterocycles. The second-order valence-corrected chi connectivity index (χ2v) is 4.79. The zero-order valence-corrected chi connectivity index (χ0v) is 12.0. The van der Waals surface area contributed by atoms with Crippen LogP contribution in [0, 0.1) is 25.2 Å². The smallest absolute Gasteiger partial charge is 0.140 e. The summed E-state index contributed by atoms with van der Waals surface area (Å²) in [7, 11) is 1.64. The summed E-state index contributed by atoms with van der Waals surface area (Å²) >= 11 is 0. The largest absolute Gasteiger partial charge is 0.497 e. The van der Waals surface area contributed by atoms with Crippen LogP contribution in [0.3, 0.4) is 0 Å². The second-order valence-electron chi connectivity index (χ2n) is 4.79. The first-order valence-corrected chi connectivity index (χ1v) is 6.51. The van der Waals surface area contributed by atoms with Crippen molar-refractivity contribution in [2.45, 2.75) is 19.9 Å². The molecule has 1 unspecified atom stereocenters. The quantitative estimate of drug-likeness (QED) is 0.910. The normalized spacial score (nSPS) is 11.5.